The van der Waals surface area contributed by atoms with Crippen molar-refractivity contribution in [3.63, 3.8) is 0 Å². The van der Waals surface area contributed by atoms with Crippen molar-refractivity contribution in [2.75, 3.05) is 26.4 Å². The van der Waals surface area contributed by atoms with Crippen LogP contribution in [-0.4, -0.2) is 97.5 Å². The topological polar surface area (TPSA) is 178 Å². The molecule has 1 rings (SSSR count). The lowest BCUT2D eigenvalue weighted by Gasteiger charge is -2.41. The highest BCUT2D eigenvalue weighted by Gasteiger charge is 2.48. The van der Waals surface area contributed by atoms with Gasteiger partial charge in [-0.15, -0.1) is 0 Å². The third-order valence-electron chi connectivity index (χ3n) is 11.2. The van der Waals surface area contributed by atoms with E-state index in [1.165, 1.54) is 103 Å². The summed E-state index contributed by atoms with van der Waals surface area (Å²) in [4.78, 5) is 12.9. The Morgan fingerprint density at radius 3 is 1.54 bits per heavy atom. The van der Waals surface area contributed by atoms with Gasteiger partial charge in [-0.05, 0) is 77.0 Å². The Balaban J connectivity index is 2.39. The van der Waals surface area contributed by atoms with Crippen LogP contribution in [0.2, 0.25) is 0 Å². The number of esters is 1. The SMILES string of the molecule is CCCCC/C=C\C/C=C\CCCCCCCCCCCC(=O)OC(COCCCCCCCC/C=C\C/C=C\CCCCCC)COC1OC(CO)C(O)C(OS(=O)(=O)O)C1O. The van der Waals surface area contributed by atoms with Crippen LogP contribution in [0.1, 0.15) is 200 Å². The molecule has 1 heterocycles. The van der Waals surface area contributed by atoms with Crippen LogP contribution in [0.4, 0.5) is 0 Å². The molecule has 63 heavy (non-hydrogen) atoms. The van der Waals surface area contributed by atoms with E-state index in [-0.39, 0.29) is 19.6 Å². The molecule has 1 fully saturated rings. The zero-order valence-electron chi connectivity index (χ0n) is 39.4. The van der Waals surface area contributed by atoms with Gasteiger partial charge in [0.1, 0.15) is 30.5 Å². The maximum atomic E-state index is 12.9. The molecule has 6 unspecified atom stereocenters. The fraction of sp³-hybridized carbons (Fsp3) is 0.820. The van der Waals surface area contributed by atoms with Crippen LogP contribution in [0.25, 0.3) is 0 Å². The summed E-state index contributed by atoms with van der Waals surface area (Å²) in [7, 11) is -5.07. The largest absolute Gasteiger partial charge is 0.457 e. The standard InChI is InChI=1S/C50H90O12S/c1-3-5-7-9-11-13-15-17-19-21-22-23-25-27-29-31-33-35-37-39-46(52)60-44(43-59-50-48(54)49(62-63(55,56)57)47(53)45(41-51)61-50)42-58-40-38-36-34-32-30-28-26-24-20-18-16-14-12-10-8-6-4-2/h11,13-14,16-17,19-20,24,44-45,47-51,53-54H,3-10,12,15,18,21-23,25-43H2,1-2H3,(H,55,56,57)/b13-11-,16-14-,19-17-,24-20-. The van der Waals surface area contributed by atoms with Crippen LogP contribution in [0.5, 0.6) is 0 Å². The van der Waals surface area contributed by atoms with E-state index in [4.69, 9.17) is 18.9 Å². The molecule has 368 valence electrons. The van der Waals surface area contributed by atoms with Crippen LogP contribution < -0.4 is 0 Å². The minimum absolute atomic E-state index is 0.0265. The van der Waals surface area contributed by atoms with E-state index in [1.807, 2.05) is 0 Å². The van der Waals surface area contributed by atoms with Gasteiger partial charge in [-0.25, -0.2) is 4.18 Å². The molecule has 0 radical (unpaired) electrons. The van der Waals surface area contributed by atoms with Crippen LogP contribution in [-0.2, 0) is 38.3 Å². The first-order valence-electron chi connectivity index (χ1n) is 24.9. The molecule has 0 amide bonds. The summed E-state index contributed by atoms with van der Waals surface area (Å²) in [5.74, 6) is -0.408. The Hall–Kier alpha value is -1.94. The number of carbonyl (C=O) groups excluding carboxylic acids is 1. The second-order valence-electron chi connectivity index (χ2n) is 17.0. The minimum atomic E-state index is -5.07. The van der Waals surface area contributed by atoms with Gasteiger partial charge in [-0.2, -0.15) is 8.42 Å². The third kappa shape index (κ3) is 35.0. The van der Waals surface area contributed by atoms with Crippen molar-refractivity contribution in [2.45, 2.75) is 237 Å². The Morgan fingerprint density at radius 2 is 1.05 bits per heavy atom. The van der Waals surface area contributed by atoms with Gasteiger partial charge in [0, 0.05) is 13.0 Å². The molecule has 1 aliphatic rings. The third-order valence-corrected chi connectivity index (χ3v) is 11.6. The zero-order chi connectivity index (χ0) is 46.1. The fourth-order valence-electron chi connectivity index (χ4n) is 7.38. The zero-order valence-corrected chi connectivity index (χ0v) is 40.2. The van der Waals surface area contributed by atoms with Crippen LogP contribution in [0.15, 0.2) is 48.6 Å². The Labute approximate surface area is 383 Å². The smallest absolute Gasteiger partial charge is 0.397 e. The molecule has 12 nitrogen and oxygen atoms in total. The second-order valence-corrected chi connectivity index (χ2v) is 18.1. The second kappa shape index (κ2) is 41.5. The predicted molar refractivity (Wildman–Crippen MR) is 253 cm³/mol. The molecule has 1 saturated heterocycles. The number of unbranched alkanes of at least 4 members (excludes halogenated alkanes) is 22. The molecule has 0 aromatic carbocycles. The summed E-state index contributed by atoms with van der Waals surface area (Å²) in [6.07, 6.45) is 41.3. The van der Waals surface area contributed by atoms with Crippen molar-refractivity contribution in [3.05, 3.63) is 48.6 Å². The fourth-order valence-corrected chi connectivity index (χ4v) is 7.89. The Bertz CT molecular complexity index is 1290. The maximum Gasteiger partial charge on any atom is 0.397 e. The van der Waals surface area contributed by atoms with E-state index in [0.29, 0.717) is 13.0 Å². The molecule has 6 atom stereocenters. The number of aliphatic hydroxyl groups is 3. The molecular weight excluding hydrogens is 825 g/mol. The normalized spacial score (nSPS) is 20.3. The van der Waals surface area contributed by atoms with Gasteiger partial charge in [-0.1, -0.05) is 165 Å². The molecular formula is C50H90O12S. The summed E-state index contributed by atoms with van der Waals surface area (Å²) < 4.78 is 59.2. The summed E-state index contributed by atoms with van der Waals surface area (Å²) >= 11 is 0. The average Bonchev–Trinajstić information content (AvgIpc) is 3.26. The van der Waals surface area contributed by atoms with Gasteiger partial charge < -0.3 is 34.3 Å². The monoisotopic (exact) mass is 915 g/mol. The lowest BCUT2D eigenvalue weighted by atomic mass is 9.99. The number of hydrogen-bond donors (Lipinski definition) is 4. The van der Waals surface area contributed by atoms with Crippen LogP contribution in [0, 0.1) is 0 Å². The molecule has 1 aliphatic heterocycles. The van der Waals surface area contributed by atoms with Crippen LogP contribution in [0.3, 0.4) is 0 Å². The molecule has 13 heteroatoms. The molecule has 4 N–H and O–H groups in total. The van der Waals surface area contributed by atoms with Gasteiger partial charge >= 0.3 is 16.4 Å². The first-order valence-corrected chi connectivity index (χ1v) is 26.3. The van der Waals surface area contributed by atoms with Gasteiger partial charge in [0.2, 0.25) is 0 Å². The van der Waals surface area contributed by atoms with Crippen molar-refractivity contribution in [1.29, 1.82) is 0 Å². The Kier molecular flexibility index (Phi) is 38.9. The number of allylic oxidation sites excluding steroid dienone is 8. The summed E-state index contributed by atoms with van der Waals surface area (Å²) in [6.45, 7) is 3.93. The molecule has 0 bridgehead atoms. The number of aliphatic hydroxyl groups excluding tert-OH is 3. The van der Waals surface area contributed by atoms with Gasteiger partial charge in [0.05, 0.1) is 19.8 Å². The van der Waals surface area contributed by atoms with E-state index in [9.17, 15) is 33.1 Å². The van der Waals surface area contributed by atoms with Crippen molar-refractivity contribution in [1.82, 2.24) is 0 Å². The highest BCUT2D eigenvalue weighted by molar-refractivity contribution is 7.80. The van der Waals surface area contributed by atoms with Gasteiger partial charge in [0.15, 0.2) is 6.29 Å². The lowest BCUT2D eigenvalue weighted by molar-refractivity contribution is -0.301. The van der Waals surface area contributed by atoms with E-state index in [0.717, 1.165) is 70.6 Å². The Morgan fingerprint density at radius 1 is 0.603 bits per heavy atom. The van der Waals surface area contributed by atoms with Gasteiger partial charge in [-0.3, -0.25) is 9.35 Å². The molecule has 0 aromatic heterocycles. The van der Waals surface area contributed by atoms with Crippen molar-refractivity contribution >= 4 is 16.4 Å². The first-order chi connectivity index (χ1) is 30.6. The highest BCUT2D eigenvalue weighted by Crippen LogP contribution is 2.26. The highest BCUT2D eigenvalue weighted by atomic mass is 32.3. The molecule has 0 aromatic rings. The minimum Gasteiger partial charge on any atom is -0.457 e. The van der Waals surface area contributed by atoms with E-state index >= 15 is 0 Å². The van der Waals surface area contributed by atoms with E-state index in [1.54, 1.807) is 0 Å². The average molecular weight is 915 g/mol. The van der Waals surface area contributed by atoms with Gasteiger partial charge in [0.25, 0.3) is 0 Å². The number of carbonyl (C=O) groups is 1. The van der Waals surface area contributed by atoms with E-state index < -0.39 is 59.8 Å². The molecule has 0 spiro atoms. The molecule has 0 saturated carbocycles. The summed E-state index contributed by atoms with van der Waals surface area (Å²) in [5, 5.41) is 30.7. The first kappa shape index (κ1) is 59.1. The van der Waals surface area contributed by atoms with Crippen LogP contribution >= 0.6 is 0 Å². The predicted octanol–water partition coefficient (Wildman–Crippen LogP) is 11.1. The quantitative estimate of drug-likeness (QED) is 0.0197. The van der Waals surface area contributed by atoms with Crippen molar-refractivity contribution < 1.29 is 56.2 Å². The summed E-state index contributed by atoms with van der Waals surface area (Å²) in [5.41, 5.74) is 0. The van der Waals surface area contributed by atoms with Crippen molar-refractivity contribution in [3.8, 4) is 0 Å². The lowest BCUT2D eigenvalue weighted by Crippen LogP contribution is -2.60. The number of ether oxygens (including phenoxy) is 4. The maximum absolute atomic E-state index is 12.9. The summed E-state index contributed by atoms with van der Waals surface area (Å²) in [6, 6.07) is 0. The van der Waals surface area contributed by atoms with Crippen molar-refractivity contribution in [2.24, 2.45) is 0 Å². The number of hydrogen-bond acceptors (Lipinski definition) is 11. The number of rotatable bonds is 43. The molecule has 0 aliphatic carbocycles. The van der Waals surface area contributed by atoms with E-state index in [2.05, 4.69) is 66.6 Å².